The Labute approximate surface area is 205 Å². The summed E-state index contributed by atoms with van der Waals surface area (Å²) in [7, 11) is 0. The highest BCUT2D eigenvalue weighted by atomic mass is 19.3. The Hall–Kier alpha value is -4.14. The van der Waals surface area contributed by atoms with Gasteiger partial charge >= 0.3 is 5.92 Å². The van der Waals surface area contributed by atoms with E-state index in [1.165, 1.54) is 12.1 Å². The molecule has 2 N–H and O–H groups in total. The van der Waals surface area contributed by atoms with Crippen LogP contribution < -0.4 is 10.6 Å². The molecule has 0 spiro atoms. The molecule has 0 aliphatic carbocycles. The maximum Gasteiger partial charge on any atom is 0.324 e. The molecule has 0 unspecified atom stereocenters. The number of nitrogens with two attached hydrogens (primary N) is 1. The molecule has 2 amide bonds. The third-order valence-corrected chi connectivity index (χ3v) is 6.65. The second-order valence-corrected chi connectivity index (χ2v) is 9.03. The number of amides is 2. The number of benzene rings is 3. The van der Waals surface area contributed by atoms with Crippen molar-refractivity contribution in [2.75, 3.05) is 4.90 Å². The zero-order chi connectivity index (χ0) is 25.4. The number of alkyl halides is 2. The van der Waals surface area contributed by atoms with Crippen LogP contribution in [0, 0.1) is 11.7 Å². The Kier molecular flexibility index (Phi) is 5.99. The van der Waals surface area contributed by atoms with Crippen LogP contribution in [0.4, 0.5) is 18.9 Å². The van der Waals surface area contributed by atoms with E-state index < -0.39 is 30.2 Å². The SMILES string of the molecule is NC(=O)C(F)(F)C[C@@H]1CC(=O)N(c2ccc3c(cnn3-c3ccc(F)cc3)c2)[C@@H]1Cc1ccccc1. The summed E-state index contributed by atoms with van der Waals surface area (Å²) < 4.78 is 43.6. The van der Waals surface area contributed by atoms with E-state index in [0.29, 0.717) is 17.8 Å². The molecule has 1 aliphatic heterocycles. The summed E-state index contributed by atoms with van der Waals surface area (Å²) in [6.07, 6.45) is 1.06. The molecule has 2 atom stereocenters. The van der Waals surface area contributed by atoms with Gasteiger partial charge < -0.3 is 10.6 Å². The number of rotatable bonds is 7. The van der Waals surface area contributed by atoms with Gasteiger partial charge in [-0.3, -0.25) is 9.59 Å². The summed E-state index contributed by atoms with van der Waals surface area (Å²) >= 11 is 0. The highest BCUT2D eigenvalue weighted by molar-refractivity contribution is 5.99. The van der Waals surface area contributed by atoms with E-state index >= 15 is 0 Å². The van der Waals surface area contributed by atoms with Crippen molar-refractivity contribution in [1.82, 2.24) is 9.78 Å². The van der Waals surface area contributed by atoms with Gasteiger partial charge in [-0.2, -0.15) is 13.9 Å². The number of halogens is 3. The van der Waals surface area contributed by atoms with E-state index in [-0.39, 0.29) is 18.1 Å². The highest BCUT2D eigenvalue weighted by Crippen LogP contribution is 2.39. The van der Waals surface area contributed by atoms with Gasteiger partial charge in [0.2, 0.25) is 5.91 Å². The molecule has 1 aliphatic rings. The van der Waals surface area contributed by atoms with Gasteiger partial charge in [0, 0.05) is 30.0 Å². The van der Waals surface area contributed by atoms with E-state index in [1.54, 1.807) is 46.1 Å². The number of carbonyl (C=O) groups is 2. The van der Waals surface area contributed by atoms with Crippen LogP contribution in [0.25, 0.3) is 16.6 Å². The number of nitrogens with zero attached hydrogens (tertiary/aromatic N) is 3. The molecular weight excluding hydrogens is 469 g/mol. The van der Waals surface area contributed by atoms with Gasteiger partial charge in [0.15, 0.2) is 0 Å². The monoisotopic (exact) mass is 492 g/mol. The lowest BCUT2D eigenvalue weighted by molar-refractivity contribution is -0.144. The number of primary amides is 1. The Morgan fingerprint density at radius 2 is 1.72 bits per heavy atom. The van der Waals surface area contributed by atoms with E-state index in [9.17, 15) is 22.8 Å². The first-order chi connectivity index (χ1) is 17.2. The van der Waals surface area contributed by atoms with Crippen LogP contribution in [0.2, 0.25) is 0 Å². The lowest BCUT2D eigenvalue weighted by atomic mass is 9.88. The number of fused-ring (bicyclic) bond motifs is 1. The molecule has 9 heteroatoms. The zero-order valence-corrected chi connectivity index (χ0v) is 19.2. The standard InChI is InChI=1S/C27H23F3N4O2/c28-20-6-8-21(9-7-20)34-23-11-10-22(13-19(23)16-32-34)33-24(12-17-4-2-1-3-5-17)18(14-25(33)35)15-27(29,30)26(31)36/h1-11,13,16,18,24H,12,14-15H2,(H2,31,36)/t18-,24+/m0/s1. The molecule has 0 radical (unpaired) electrons. The molecule has 184 valence electrons. The average Bonchev–Trinajstić information content (AvgIpc) is 3.40. The molecule has 1 fully saturated rings. The van der Waals surface area contributed by atoms with Gasteiger partial charge in [-0.25, -0.2) is 9.07 Å². The van der Waals surface area contributed by atoms with Crippen molar-refractivity contribution in [1.29, 1.82) is 0 Å². The molecule has 1 saturated heterocycles. The molecule has 4 aromatic rings. The second-order valence-electron chi connectivity index (χ2n) is 9.03. The quantitative estimate of drug-likeness (QED) is 0.408. The summed E-state index contributed by atoms with van der Waals surface area (Å²) in [4.78, 5) is 26.0. The van der Waals surface area contributed by atoms with Crippen molar-refractivity contribution >= 4 is 28.4 Å². The summed E-state index contributed by atoms with van der Waals surface area (Å²) in [5.74, 6) is -6.83. The molecule has 36 heavy (non-hydrogen) atoms. The first-order valence-electron chi connectivity index (χ1n) is 11.5. The van der Waals surface area contributed by atoms with Crippen LogP contribution >= 0.6 is 0 Å². The molecule has 0 bridgehead atoms. The van der Waals surface area contributed by atoms with Crippen molar-refractivity contribution in [2.24, 2.45) is 11.7 Å². The van der Waals surface area contributed by atoms with Crippen molar-refractivity contribution in [3.05, 3.63) is 90.4 Å². The van der Waals surface area contributed by atoms with Crippen LogP contribution in [-0.4, -0.2) is 33.6 Å². The van der Waals surface area contributed by atoms with Crippen LogP contribution in [0.5, 0.6) is 0 Å². The normalized spacial score (nSPS) is 18.2. The van der Waals surface area contributed by atoms with E-state index in [4.69, 9.17) is 5.73 Å². The lowest BCUT2D eigenvalue weighted by Gasteiger charge is -2.30. The van der Waals surface area contributed by atoms with Gasteiger partial charge in [0.05, 0.1) is 17.4 Å². The van der Waals surface area contributed by atoms with Crippen LogP contribution in [0.15, 0.2) is 79.0 Å². The molecular formula is C27H23F3N4O2. The Morgan fingerprint density at radius 3 is 2.42 bits per heavy atom. The number of hydrogen-bond acceptors (Lipinski definition) is 3. The fraction of sp³-hybridized carbons (Fsp3) is 0.222. The van der Waals surface area contributed by atoms with Crippen molar-refractivity contribution in [2.45, 2.75) is 31.2 Å². The zero-order valence-electron chi connectivity index (χ0n) is 19.2. The number of aromatic nitrogens is 2. The summed E-state index contributed by atoms with van der Waals surface area (Å²) in [5.41, 5.74) is 7.79. The molecule has 3 aromatic carbocycles. The van der Waals surface area contributed by atoms with Crippen molar-refractivity contribution in [3.63, 3.8) is 0 Å². The first-order valence-corrected chi connectivity index (χ1v) is 11.5. The molecule has 1 aromatic heterocycles. The van der Waals surface area contributed by atoms with Gasteiger partial charge in [-0.05, 0) is 60.4 Å². The largest absolute Gasteiger partial charge is 0.364 e. The minimum atomic E-state index is -3.71. The highest BCUT2D eigenvalue weighted by Gasteiger charge is 2.48. The van der Waals surface area contributed by atoms with Crippen molar-refractivity contribution in [3.8, 4) is 5.69 Å². The van der Waals surface area contributed by atoms with Crippen LogP contribution in [-0.2, 0) is 16.0 Å². The maximum atomic E-state index is 14.3. The maximum absolute atomic E-state index is 14.3. The third kappa shape index (κ3) is 4.44. The summed E-state index contributed by atoms with van der Waals surface area (Å²) in [5, 5.41) is 5.12. The topological polar surface area (TPSA) is 81.2 Å². The third-order valence-electron chi connectivity index (χ3n) is 6.65. The van der Waals surface area contributed by atoms with Gasteiger partial charge in [0.25, 0.3) is 5.91 Å². The lowest BCUT2D eigenvalue weighted by Crippen LogP contribution is -2.42. The average molecular weight is 493 g/mol. The van der Waals surface area contributed by atoms with Crippen molar-refractivity contribution < 1.29 is 22.8 Å². The number of anilines is 1. The molecule has 6 nitrogen and oxygen atoms in total. The fourth-order valence-electron chi connectivity index (χ4n) is 4.90. The predicted octanol–water partition coefficient (Wildman–Crippen LogP) is 4.64. The first kappa shape index (κ1) is 23.6. The molecule has 0 saturated carbocycles. The van der Waals surface area contributed by atoms with Gasteiger partial charge in [-0.15, -0.1) is 0 Å². The Morgan fingerprint density at radius 1 is 1.03 bits per heavy atom. The smallest absolute Gasteiger partial charge is 0.324 e. The van der Waals surface area contributed by atoms with Crippen LogP contribution in [0.1, 0.15) is 18.4 Å². The Bertz CT molecular complexity index is 1420. The minimum Gasteiger partial charge on any atom is -0.364 e. The van der Waals surface area contributed by atoms with Gasteiger partial charge in [-0.1, -0.05) is 30.3 Å². The second kappa shape index (κ2) is 9.14. The Balaban J connectivity index is 1.51. The number of hydrogen-bond donors (Lipinski definition) is 1. The fourth-order valence-corrected chi connectivity index (χ4v) is 4.90. The molecule has 5 rings (SSSR count). The van der Waals surface area contributed by atoms with E-state index in [0.717, 1.165) is 16.5 Å². The van der Waals surface area contributed by atoms with Gasteiger partial charge in [0.1, 0.15) is 5.82 Å². The predicted molar refractivity (Wildman–Crippen MR) is 129 cm³/mol. The number of carbonyl (C=O) groups excluding carboxylic acids is 2. The van der Waals surface area contributed by atoms with E-state index in [2.05, 4.69) is 5.10 Å². The minimum absolute atomic E-state index is 0.118. The summed E-state index contributed by atoms with van der Waals surface area (Å²) in [6, 6.07) is 19.9. The summed E-state index contributed by atoms with van der Waals surface area (Å²) in [6.45, 7) is 0. The van der Waals surface area contributed by atoms with E-state index in [1.807, 2.05) is 30.3 Å². The van der Waals surface area contributed by atoms with Crippen LogP contribution in [0.3, 0.4) is 0 Å². The molecule has 2 heterocycles.